The molecule has 1 fully saturated rings. The van der Waals surface area contributed by atoms with Gasteiger partial charge in [0, 0.05) is 5.39 Å². The van der Waals surface area contributed by atoms with Gasteiger partial charge in [-0.1, -0.05) is 25.0 Å². The van der Waals surface area contributed by atoms with Gasteiger partial charge in [-0.25, -0.2) is 0 Å². The highest BCUT2D eigenvalue weighted by atomic mass is 16.5. The van der Waals surface area contributed by atoms with Crippen molar-refractivity contribution in [2.24, 2.45) is 0 Å². The fraction of sp³-hybridized carbons (Fsp3) is 0.438. The standard InChI is InChI=1S/C16H20N2O/c17-14-11-18-15-10-6-5-9-13(15)16(14)19-12-7-3-1-2-4-8-12/h5-6,9-12H,1-4,7-8,17H2. The molecule has 0 radical (unpaired) electrons. The summed E-state index contributed by atoms with van der Waals surface area (Å²) < 4.78 is 6.21. The zero-order valence-corrected chi connectivity index (χ0v) is 11.1. The van der Waals surface area contributed by atoms with Gasteiger partial charge in [0.25, 0.3) is 0 Å². The molecule has 2 N–H and O–H groups in total. The van der Waals surface area contributed by atoms with E-state index in [-0.39, 0.29) is 0 Å². The lowest BCUT2D eigenvalue weighted by molar-refractivity contribution is 0.187. The number of pyridine rings is 1. The molecular weight excluding hydrogens is 236 g/mol. The Kier molecular flexibility index (Phi) is 3.53. The maximum Gasteiger partial charge on any atom is 0.153 e. The maximum atomic E-state index is 6.21. The first-order valence-corrected chi connectivity index (χ1v) is 7.14. The SMILES string of the molecule is Nc1cnc2ccccc2c1OC1CCCCCC1. The number of aromatic nitrogens is 1. The van der Waals surface area contributed by atoms with Crippen molar-refractivity contribution < 1.29 is 4.74 Å². The van der Waals surface area contributed by atoms with Crippen molar-refractivity contribution in [3.8, 4) is 5.75 Å². The number of rotatable bonds is 2. The van der Waals surface area contributed by atoms with Crippen LogP contribution in [0.25, 0.3) is 10.9 Å². The number of benzene rings is 1. The molecule has 0 bridgehead atoms. The second-order valence-electron chi connectivity index (χ2n) is 5.29. The van der Waals surface area contributed by atoms with Gasteiger partial charge in [0.15, 0.2) is 5.75 Å². The monoisotopic (exact) mass is 256 g/mol. The quantitative estimate of drug-likeness (QED) is 0.828. The number of fused-ring (bicyclic) bond motifs is 1. The second kappa shape index (κ2) is 5.47. The van der Waals surface area contributed by atoms with E-state index in [9.17, 15) is 0 Å². The summed E-state index contributed by atoms with van der Waals surface area (Å²) in [6.45, 7) is 0. The summed E-state index contributed by atoms with van der Waals surface area (Å²) in [6, 6.07) is 8.02. The highest BCUT2D eigenvalue weighted by Gasteiger charge is 2.16. The van der Waals surface area contributed by atoms with Crippen LogP contribution in [0.5, 0.6) is 5.75 Å². The lowest BCUT2D eigenvalue weighted by Crippen LogP contribution is -2.16. The van der Waals surface area contributed by atoms with Crippen LogP contribution < -0.4 is 10.5 Å². The molecule has 100 valence electrons. The third-order valence-corrected chi connectivity index (χ3v) is 3.84. The van der Waals surface area contributed by atoms with E-state index in [4.69, 9.17) is 10.5 Å². The predicted molar refractivity (Wildman–Crippen MR) is 78.3 cm³/mol. The van der Waals surface area contributed by atoms with Gasteiger partial charge >= 0.3 is 0 Å². The molecule has 2 aromatic rings. The average Bonchev–Trinajstić information content (AvgIpc) is 2.71. The molecule has 19 heavy (non-hydrogen) atoms. The van der Waals surface area contributed by atoms with Gasteiger partial charge in [-0.15, -0.1) is 0 Å². The van der Waals surface area contributed by atoms with E-state index in [0.717, 1.165) is 29.5 Å². The van der Waals surface area contributed by atoms with Gasteiger partial charge < -0.3 is 10.5 Å². The minimum Gasteiger partial charge on any atom is -0.487 e. The summed E-state index contributed by atoms with van der Waals surface area (Å²) in [4.78, 5) is 4.35. The molecule has 1 aromatic heterocycles. The molecule has 0 spiro atoms. The fourth-order valence-corrected chi connectivity index (χ4v) is 2.79. The van der Waals surface area contributed by atoms with Gasteiger partial charge in [-0.05, 0) is 37.8 Å². The van der Waals surface area contributed by atoms with Gasteiger partial charge in [-0.2, -0.15) is 0 Å². The number of nitrogens with zero attached hydrogens (tertiary/aromatic N) is 1. The molecule has 0 atom stereocenters. The van der Waals surface area contributed by atoms with Gasteiger partial charge in [0.1, 0.15) is 0 Å². The van der Waals surface area contributed by atoms with Gasteiger partial charge in [0.2, 0.25) is 0 Å². The molecule has 3 rings (SSSR count). The Morgan fingerprint density at radius 2 is 1.79 bits per heavy atom. The van der Waals surface area contributed by atoms with Crippen LogP contribution >= 0.6 is 0 Å². The first-order chi connectivity index (χ1) is 9.34. The lowest BCUT2D eigenvalue weighted by Gasteiger charge is -2.19. The van der Waals surface area contributed by atoms with Crippen molar-refractivity contribution in [3.05, 3.63) is 30.5 Å². The number of nitrogen functional groups attached to an aromatic ring is 1. The molecule has 0 saturated heterocycles. The molecule has 3 nitrogen and oxygen atoms in total. The fourth-order valence-electron chi connectivity index (χ4n) is 2.79. The zero-order valence-electron chi connectivity index (χ0n) is 11.1. The highest BCUT2D eigenvalue weighted by Crippen LogP contribution is 2.33. The Balaban J connectivity index is 1.92. The minimum atomic E-state index is 0.301. The number of anilines is 1. The van der Waals surface area contributed by atoms with E-state index in [1.54, 1.807) is 6.20 Å². The van der Waals surface area contributed by atoms with Crippen LogP contribution in [0.2, 0.25) is 0 Å². The normalized spacial score (nSPS) is 17.3. The van der Waals surface area contributed by atoms with Crippen LogP contribution in [0.1, 0.15) is 38.5 Å². The van der Waals surface area contributed by atoms with Gasteiger partial charge in [-0.3, -0.25) is 4.98 Å². The summed E-state index contributed by atoms with van der Waals surface area (Å²) in [7, 11) is 0. The van der Waals surface area contributed by atoms with Crippen LogP contribution in [0.3, 0.4) is 0 Å². The minimum absolute atomic E-state index is 0.301. The third-order valence-electron chi connectivity index (χ3n) is 3.84. The van der Waals surface area contributed by atoms with Crippen LogP contribution in [0.4, 0.5) is 5.69 Å². The smallest absolute Gasteiger partial charge is 0.153 e. The van der Waals surface area contributed by atoms with E-state index in [1.165, 1.54) is 25.7 Å². The number of para-hydroxylation sites is 1. The van der Waals surface area contributed by atoms with Crippen molar-refractivity contribution in [1.82, 2.24) is 4.98 Å². The summed E-state index contributed by atoms with van der Waals surface area (Å²) in [5.74, 6) is 0.817. The second-order valence-corrected chi connectivity index (χ2v) is 5.29. The van der Waals surface area contributed by atoms with Crippen molar-refractivity contribution in [1.29, 1.82) is 0 Å². The molecule has 1 aliphatic carbocycles. The number of ether oxygens (including phenoxy) is 1. The van der Waals surface area contributed by atoms with E-state index in [0.29, 0.717) is 11.8 Å². The molecule has 0 unspecified atom stereocenters. The molecule has 1 aromatic carbocycles. The summed E-state index contributed by atoms with van der Waals surface area (Å²) >= 11 is 0. The highest BCUT2D eigenvalue weighted by molar-refractivity contribution is 5.89. The van der Waals surface area contributed by atoms with Crippen molar-refractivity contribution in [3.63, 3.8) is 0 Å². The van der Waals surface area contributed by atoms with E-state index in [1.807, 2.05) is 24.3 Å². The van der Waals surface area contributed by atoms with Crippen LogP contribution in [-0.2, 0) is 0 Å². The summed E-state index contributed by atoms with van der Waals surface area (Å²) in [6.07, 6.45) is 9.44. The molecule has 3 heteroatoms. The number of hydrogen-bond donors (Lipinski definition) is 1. The average molecular weight is 256 g/mol. The molecule has 1 heterocycles. The summed E-state index contributed by atoms with van der Waals surface area (Å²) in [5.41, 5.74) is 7.64. The van der Waals surface area contributed by atoms with Crippen LogP contribution in [0, 0.1) is 0 Å². The molecule has 1 aliphatic rings. The Labute approximate surface area is 113 Å². The Hall–Kier alpha value is -1.77. The van der Waals surface area contributed by atoms with Gasteiger partial charge in [0.05, 0.1) is 23.5 Å². The molecule has 0 aliphatic heterocycles. The zero-order chi connectivity index (χ0) is 13.1. The van der Waals surface area contributed by atoms with Crippen molar-refractivity contribution in [2.75, 3.05) is 5.73 Å². The molecule has 1 saturated carbocycles. The first-order valence-electron chi connectivity index (χ1n) is 7.14. The van der Waals surface area contributed by atoms with E-state index >= 15 is 0 Å². The van der Waals surface area contributed by atoms with Crippen LogP contribution in [0.15, 0.2) is 30.5 Å². The Morgan fingerprint density at radius 1 is 1.05 bits per heavy atom. The van der Waals surface area contributed by atoms with Crippen molar-refractivity contribution in [2.45, 2.75) is 44.6 Å². The maximum absolute atomic E-state index is 6.21. The van der Waals surface area contributed by atoms with Crippen molar-refractivity contribution >= 4 is 16.6 Å². The number of hydrogen-bond acceptors (Lipinski definition) is 3. The summed E-state index contributed by atoms with van der Waals surface area (Å²) in [5, 5.41) is 1.02. The predicted octanol–water partition coefficient (Wildman–Crippen LogP) is 3.92. The first kappa shape index (κ1) is 12.3. The van der Waals surface area contributed by atoms with Crippen LogP contribution in [-0.4, -0.2) is 11.1 Å². The third kappa shape index (κ3) is 2.65. The largest absolute Gasteiger partial charge is 0.487 e. The topological polar surface area (TPSA) is 48.1 Å². The molecule has 0 amide bonds. The van der Waals surface area contributed by atoms with E-state index in [2.05, 4.69) is 4.98 Å². The molecular formula is C16H20N2O. The Morgan fingerprint density at radius 3 is 2.58 bits per heavy atom. The van der Waals surface area contributed by atoms with E-state index < -0.39 is 0 Å². The lowest BCUT2D eigenvalue weighted by atomic mass is 10.1. The Bertz CT molecular complexity index is 560. The number of nitrogens with two attached hydrogens (primary N) is 1.